The number of nitrogens with zero attached hydrogens (tertiary/aromatic N) is 1. The summed E-state index contributed by atoms with van der Waals surface area (Å²) in [5.41, 5.74) is 5.41. The molecule has 0 aromatic carbocycles. The summed E-state index contributed by atoms with van der Waals surface area (Å²) >= 11 is 4.76. The third kappa shape index (κ3) is 2.44. The van der Waals surface area contributed by atoms with Crippen molar-refractivity contribution in [2.45, 2.75) is 19.9 Å². The Morgan fingerprint density at radius 3 is 2.87 bits per heavy atom. The smallest absolute Gasteiger partial charge is 0.242 e. The van der Waals surface area contributed by atoms with Gasteiger partial charge in [-0.25, -0.2) is 0 Å². The van der Waals surface area contributed by atoms with Crippen molar-refractivity contribution in [3.8, 4) is 0 Å². The molecule has 84 valence electrons. The van der Waals surface area contributed by atoms with Gasteiger partial charge in [0.2, 0.25) is 11.8 Å². The molecular weight excluding hydrogens is 214 g/mol. The first kappa shape index (κ1) is 11.9. The second-order valence-corrected chi connectivity index (χ2v) is 4.09. The molecule has 0 bridgehead atoms. The lowest BCUT2D eigenvalue weighted by Gasteiger charge is -2.34. The van der Waals surface area contributed by atoms with Gasteiger partial charge in [0, 0.05) is 13.1 Å². The van der Waals surface area contributed by atoms with Crippen LogP contribution in [0.5, 0.6) is 0 Å². The van der Waals surface area contributed by atoms with E-state index in [-0.39, 0.29) is 16.8 Å². The summed E-state index contributed by atoms with van der Waals surface area (Å²) in [6.07, 6.45) is 0. The Kier molecular flexibility index (Phi) is 3.62. The van der Waals surface area contributed by atoms with Crippen LogP contribution in [0, 0.1) is 5.92 Å². The number of hydrogen-bond donors (Lipinski definition) is 2. The fourth-order valence-corrected chi connectivity index (χ4v) is 1.55. The number of rotatable bonds is 2. The molecule has 1 fully saturated rings. The van der Waals surface area contributed by atoms with Gasteiger partial charge in [0.05, 0.1) is 10.9 Å². The normalized spacial score (nSPS) is 23.2. The first-order chi connectivity index (χ1) is 6.95. The van der Waals surface area contributed by atoms with Crippen LogP contribution in [-0.2, 0) is 9.59 Å². The van der Waals surface area contributed by atoms with E-state index in [2.05, 4.69) is 5.32 Å². The van der Waals surface area contributed by atoms with Crippen molar-refractivity contribution in [1.29, 1.82) is 0 Å². The number of nitrogens with two attached hydrogens (primary N) is 1. The molecule has 0 saturated carbocycles. The maximum absolute atomic E-state index is 11.9. The fourth-order valence-electron chi connectivity index (χ4n) is 1.45. The Hall–Kier alpha value is -1.17. The fraction of sp³-hybridized carbons (Fsp3) is 0.667. The number of carbonyl (C=O) groups excluding carboxylic acids is 2. The van der Waals surface area contributed by atoms with Gasteiger partial charge < -0.3 is 16.0 Å². The topological polar surface area (TPSA) is 75.4 Å². The van der Waals surface area contributed by atoms with Gasteiger partial charge >= 0.3 is 0 Å². The van der Waals surface area contributed by atoms with Crippen molar-refractivity contribution in [3.05, 3.63) is 0 Å². The van der Waals surface area contributed by atoms with Gasteiger partial charge in [-0.15, -0.1) is 0 Å². The quantitative estimate of drug-likeness (QED) is 0.611. The summed E-state index contributed by atoms with van der Waals surface area (Å²) in [7, 11) is 0. The van der Waals surface area contributed by atoms with Crippen LogP contribution in [0.15, 0.2) is 0 Å². The summed E-state index contributed by atoms with van der Waals surface area (Å²) in [4.78, 5) is 24.9. The molecule has 2 atom stereocenters. The van der Waals surface area contributed by atoms with Crippen LogP contribution in [0.3, 0.4) is 0 Å². The van der Waals surface area contributed by atoms with Crippen LogP contribution in [0.2, 0.25) is 0 Å². The second kappa shape index (κ2) is 4.57. The third-order valence-corrected chi connectivity index (χ3v) is 2.93. The maximum atomic E-state index is 11.9. The number of nitrogens with one attached hydrogen (secondary N) is 1. The summed E-state index contributed by atoms with van der Waals surface area (Å²) < 4.78 is 0. The molecule has 3 N–H and O–H groups in total. The van der Waals surface area contributed by atoms with Crippen LogP contribution >= 0.6 is 12.2 Å². The zero-order chi connectivity index (χ0) is 11.6. The van der Waals surface area contributed by atoms with E-state index >= 15 is 0 Å². The van der Waals surface area contributed by atoms with Crippen LogP contribution in [0.25, 0.3) is 0 Å². The summed E-state index contributed by atoms with van der Waals surface area (Å²) in [5.74, 6) is -0.817. The highest BCUT2D eigenvalue weighted by Crippen LogP contribution is 2.10. The van der Waals surface area contributed by atoms with Gasteiger partial charge in [0.15, 0.2) is 0 Å². The predicted molar refractivity (Wildman–Crippen MR) is 60.1 cm³/mol. The van der Waals surface area contributed by atoms with E-state index in [9.17, 15) is 9.59 Å². The number of amides is 2. The van der Waals surface area contributed by atoms with Gasteiger partial charge in [0.25, 0.3) is 0 Å². The lowest BCUT2D eigenvalue weighted by atomic mass is 10.1. The minimum absolute atomic E-state index is 0.135. The van der Waals surface area contributed by atoms with Crippen LogP contribution in [0.4, 0.5) is 0 Å². The Morgan fingerprint density at radius 2 is 2.33 bits per heavy atom. The first-order valence-corrected chi connectivity index (χ1v) is 5.23. The molecule has 1 rings (SSSR count). The molecule has 0 aromatic rings. The van der Waals surface area contributed by atoms with Crippen LogP contribution in [-0.4, -0.2) is 40.8 Å². The molecule has 15 heavy (non-hydrogen) atoms. The van der Waals surface area contributed by atoms with E-state index in [1.165, 1.54) is 4.90 Å². The minimum Gasteiger partial charge on any atom is -0.393 e. The van der Waals surface area contributed by atoms with E-state index in [1.807, 2.05) is 0 Å². The Balaban J connectivity index is 2.74. The molecule has 6 heteroatoms. The standard InChI is InChI=1S/C9H15N3O2S/c1-5(7(10)15)9(14)12-4-3-11-8(13)6(12)2/h5-6H,3-4H2,1-2H3,(H2,10,15)(H,11,13). The Morgan fingerprint density at radius 1 is 1.73 bits per heavy atom. The first-order valence-electron chi connectivity index (χ1n) is 4.82. The van der Waals surface area contributed by atoms with Crippen molar-refractivity contribution >= 4 is 29.0 Å². The summed E-state index contributed by atoms with van der Waals surface area (Å²) in [5, 5.41) is 2.69. The van der Waals surface area contributed by atoms with Crippen LogP contribution < -0.4 is 11.1 Å². The van der Waals surface area contributed by atoms with Gasteiger partial charge in [-0.2, -0.15) is 0 Å². The van der Waals surface area contributed by atoms with Gasteiger partial charge in [-0.05, 0) is 13.8 Å². The van der Waals surface area contributed by atoms with Gasteiger partial charge in [-0.1, -0.05) is 12.2 Å². The zero-order valence-electron chi connectivity index (χ0n) is 8.82. The third-order valence-electron chi connectivity index (χ3n) is 2.58. The summed E-state index contributed by atoms with van der Waals surface area (Å²) in [6.45, 7) is 4.35. The second-order valence-electron chi connectivity index (χ2n) is 3.62. The molecule has 2 amide bonds. The van der Waals surface area contributed by atoms with Crippen molar-refractivity contribution in [1.82, 2.24) is 10.2 Å². The average molecular weight is 229 g/mol. The van der Waals surface area contributed by atoms with Crippen molar-refractivity contribution in [2.75, 3.05) is 13.1 Å². The number of piperazine rings is 1. The molecule has 0 spiro atoms. The average Bonchev–Trinajstić information content (AvgIpc) is 2.20. The lowest BCUT2D eigenvalue weighted by Crippen LogP contribution is -2.57. The minimum atomic E-state index is -0.506. The van der Waals surface area contributed by atoms with Crippen molar-refractivity contribution in [2.24, 2.45) is 11.7 Å². The Labute approximate surface area is 94.0 Å². The molecule has 1 saturated heterocycles. The van der Waals surface area contributed by atoms with Crippen LogP contribution in [0.1, 0.15) is 13.8 Å². The molecule has 1 heterocycles. The molecule has 5 nitrogen and oxygen atoms in total. The van der Waals surface area contributed by atoms with Crippen molar-refractivity contribution in [3.63, 3.8) is 0 Å². The van der Waals surface area contributed by atoms with E-state index in [4.69, 9.17) is 18.0 Å². The highest BCUT2D eigenvalue weighted by Gasteiger charge is 2.32. The number of hydrogen-bond acceptors (Lipinski definition) is 3. The number of carbonyl (C=O) groups is 2. The van der Waals surface area contributed by atoms with Gasteiger partial charge in [-0.3, -0.25) is 9.59 Å². The zero-order valence-corrected chi connectivity index (χ0v) is 9.63. The molecule has 1 aliphatic rings. The van der Waals surface area contributed by atoms with E-state index < -0.39 is 12.0 Å². The molecule has 0 aliphatic carbocycles. The van der Waals surface area contributed by atoms with E-state index in [0.717, 1.165) is 0 Å². The summed E-state index contributed by atoms with van der Waals surface area (Å²) in [6, 6.07) is -0.442. The lowest BCUT2D eigenvalue weighted by molar-refractivity contribution is -0.143. The molecule has 0 aromatic heterocycles. The molecule has 1 aliphatic heterocycles. The van der Waals surface area contributed by atoms with Gasteiger partial charge in [0.1, 0.15) is 6.04 Å². The van der Waals surface area contributed by atoms with Crippen molar-refractivity contribution < 1.29 is 9.59 Å². The predicted octanol–water partition coefficient (Wildman–Crippen LogP) is -0.744. The van der Waals surface area contributed by atoms with E-state index in [1.54, 1.807) is 13.8 Å². The maximum Gasteiger partial charge on any atom is 0.242 e. The Bertz CT molecular complexity index is 306. The largest absolute Gasteiger partial charge is 0.393 e. The highest BCUT2D eigenvalue weighted by atomic mass is 32.1. The molecule has 2 unspecified atom stereocenters. The molecular formula is C9H15N3O2S. The van der Waals surface area contributed by atoms with E-state index in [0.29, 0.717) is 13.1 Å². The number of thiocarbonyl (C=S) groups is 1. The monoisotopic (exact) mass is 229 g/mol. The SMILES string of the molecule is CC(C(=O)N1CCNC(=O)C1C)C(N)=S. The molecule has 0 radical (unpaired) electrons. The highest BCUT2D eigenvalue weighted by molar-refractivity contribution is 7.80.